The largest absolute Gasteiger partial charge is 0.300 e. The van der Waals surface area contributed by atoms with Crippen LogP contribution in [-0.4, -0.2) is 36.5 Å². The standard InChI is InChI=1S/C15H24N6OS2/c1-5-6-7-12-19-21-15(24-12)17-13(22)10(4)23-14-16-11(18-20-14)8-9(2)3/h9-10H,5-8H2,1-4H3,(H,16,18,20)(H,17,21,22). The number of rotatable bonds is 9. The molecule has 2 N–H and O–H groups in total. The number of aromatic amines is 1. The van der Waals surface area contributed by atoms with Crippen LogP contribution in [0.5, 0.6) is 0 Å². The number of amides is 1. The van der Waals surface area contributed by atoms with Gasteiger partial charge >= 0.3 is 0 Å². The van der Waals surface area contributed by atoms with E-state index in [-0.39, 0.29) is 11.2 Å². The molecule has 0 bridgehead atoms. The van der Waals surface area contributed by atoms with E-state index in [0.717, 1.165) is 36.5 Å². The first-order valence-corrected chi connectivity index (χ1v) is 9.88. The zero-order chi connectivity index (χ0) is 17.5. The topological polar surface area (TPSA) is 96.5 Å². The molecule has 2 rings (SSSR count). The summed E-state index contributed by atoms with van der Waals surface area (Å²) >= 11 is 2.77. The lowest BCUT2D eigenvalue weighted by molar-refractivity contribution is -0.115. The Labute approximate surface area is 150 Å². The molecule has 0 saturated carbocycles. The first kappa shape index (κ1) is 18.9. The Bertz CT molecular complexity index is 654. The Morgan fingerprint density at radius 2 is 2.12 bits per heavy atom. The molecule has 0 aromatic carbocycles. The van der Waals surface area contributed by atoms with Crippen LogP contribution < -0.4 is 5.32 Å². The quantitative estimate of drug-likeness (QED) is 0.659. The average molecular weight is 369 g/mol. The van der Waals surface area contributed by atoms with E-state index in [4.69, 9.17) is 0 Å². The van der Waals surface area contributed by atoms with Gasteiger partial charge in [-0.2, -0.15) is 0 Å². The van der Waals surface area contributed by atoms with Gasteiger partial charge in [0.2, 0.25) is 16.2 Å². The van der Waals surface area contributed by atoms with E-state index >= 15 is 0 Å². The normalized spacial score (nSPS) is 12.5. The molecule has 1 amide bonds. The van der Waals surface area contributed by atoms with Gasteiger partial charge in [0.05, 0.1) is 5.25 Å². The van der Waals surface area contributed by atoms with E-state index in [9.17, 15) is 4.79 Å². The molecule has 2 aromatic heterocycles. The zero-order valence-electron chi connectivity index (χ0n) is 14.5. The molecule has 0 saturated heterocycles. The monoisotopic (exact) mass is 368 g/mol. The maximum absolute atomic E-state index is 12.3. The van der Waals surface area contributed by atoms with E-state index in [1.54, 1.807) is 0 Å². The van der Waals surface area contributed by atoms with E-state index in [0.29, 0.717) is 16.2 Å². The Hall–Kier alpha value is -1.48. The number of hydrogen-bond acceptors (Lipinski definition) is 7. The molecule has 0 fully saturated rings. The molecule has 0 aliphatic heterocycles. The summed E-state index contributed by atoms with van der Waals surface area (Å²) in [4.78, 5) is 16.7. The Balaban J connectivity index is 1.85. The van der Waals surface area contributed by atoms with Gasteiger partial charge < -0.3 is 0 Å². The van der Waals surface area contributed by atoms with Crippen LogP contribution >= 0.6 is 23.1 Å². The Morgan fingerprint density at radius 3 is 2.83 bits per heavy atom. The molecule has 2 aromatic rings. The highest BCUT2D eigenvalue weighted by Crippen LogP contribution is 2.22. The summed E-state index contributed by atoms with van der Waals surface area (Å²) < 4.78 is 0. The molecule has 1 atom stereocenters. The molecule has 2 heterocycles. The van der Waals surface area contributed by atoms with Gasteiger partial charge in [-0.3, -0.25) is 15.2 Å². The van der Waals surface area contributed by atoms with Gasteiger partial charge in [0.25, 0.3) is 0 Å². The molecular formula is C15H24N6OS2. The maximum atomic E-state index is 12.3. The van der Waals surface area contributed by atoms with E-state index in [1.807, 2.05) is 6.92 Å². The molecule has 24 heavy (non-hydrogen) atoms. The van der Waals surface area contributed by atoms with Crippen molar-refractivity contribution >= 4 is 34.1 Å². The summed E-state index contributed by atoms with van der Waals surface area (Å²) in [5, 5.41) is 19.8. The zero-order valence-corrected chi connectivity index (χ0v) is 16.1. The first-order valence-electron chi connectivity index (χ1n) is 8.19. The van der Waals surface area contributed by atoms with Gasteiger partial charge in [-0.1, -0.05) is 50.3 Å². The number of H-pyrrole nitrogens is 1. The predicted molar refractivity (Wildman–Crippen MR) is 97.4 cm³/mol. The van der Waals surface area contributed by atoms with Crippen molar-refractivity contribution in [1.29, 1.82) is 0 Å². The van der Waals surface area contributed by atoms with Crippen molar-refractivity contribution in [3.05, 3.63) is 10.8 Å². The van der Waals surface area contributed by atoms with Crippen LogP contribution in [-0.2, 0) is 17.6 Å². The Morgan fingerprint density at radius 1 is 1.33 bits per heavy atom. The van der Waals surface area contributed by atoms with Crippen LogP contribution in [0.1, 0.15) is 51.4 Å². The predicted octanol–water partition coefficient (Wildman–Crippen LogP) is 3.32. The number of nitrogens with zero attached hydrogens (tertiary/aromatic N) is 4. The minimum Gasteiger partial charge on any atom is -0.300 e. The second-order valence-corrected chi connectivity index (χ2v) is 8.39. The van der Waals surface area contributed by atoms with Crippen LogP contribution in [0.2, 0.25) is 0 Å². The van der Waals surface area contributed by atoms with E-state index in [1.165, 1.54) is 23.1 Å². The maximum Gasteiger partial charge on any atom is 0.239 e. The lowest BCUT2D eigenvalue weighted by Crippen LogP contribution is -2.22. The van der Waals surface area contributed by atoms with Crippen LogP contribution in [0.25, 0.3) is 0 Å². The number of unbranched alkanes of at least 4 members (excludes halogenated alkanes) is 1. The number of nitrogens with one attached hydrogen (secondary N) is 2. The second-order valence-electron chi connectivity index (χ2n) is 6.02. The van der Waals surface area contributed by atoms with Crippen molar-refractivity contribution in [1.82, 2.24) is 25.4 Å². The summed E-state index contributed by atoms with van der Waals surface area (Å²) in [5.41, 5.74) is 0. The van der Waals surface area contributed by atoms with Crippen molar-refractivity contribution < 1.29 is 4.79 Å². The molecule has 9 heteroatoms. The van der Waals surface area contributed by atoms with Crippen molar-refractivity contribution in [2.24, 2.45) is 5.92 Å². The van der Waals surface area contributed by atoms with Gasteiger partial charge in [0, 0.05) is 12.8 Å². The fourth-order valence-corrected chi connectivity index (χ4v) is 3.49. The van der Waals surface area contributed by atoms with Crippen molar-refractivity contribution in [3.8, 4) is 0 Å². The van der Waals surface area contributed by atoms with Gasteiger partial charge in [0.15, 0.2) is 0 Å². The highest BCUT2D eigenvalue weighted by molar-refractivity contribution is 8.00. The third-order valence-corrected chi connectivity index (χ3v) is 5.06. The van der Waals surface area contributed by atoms with Gasteiger partial charge in [-0.15, -0.1) is 15.3 Å². The molecular weight excluding hydrogens is 344 g/mol. The van der Waals surface area contributed by atoms with E-state index in [2.05, 4.69) is 51.5 Å². The molecule has 0 aliphatic carbocycles. The third-order valence-electron chi connectivity index (χ3n) is 3.21. The SMILES string of the molecule is CCCCc1nnc(NC(=O)C(C)Sc2n[nH]c(CC(C)C)n2)s1. The summed E-state index contributed by atoms with van der Waals surface area (Å²) in [6.07, 6.45) is 3.95. The highest BCUT2D eigenvalue weighted by Gasteiger charge is 2.19. The molecule has 0 aliphatic rings. The van der Waals surface area contributed by atoms with Gasteiger partial charge in [0.1, 0.15) is 10.8 Å². The highest BCUT2D eigenvalue weighted by atomic mass is 32.2. The molecule has 7 nitrogen and oxygen atoms in total. The lowest BCUT2D eigenvalue weighted by Gasteiger charge is -2.07. The minimum atomic E-state index is -0.310. The van der Waals surface area contributed by atoms with Gasteiger partial charge in [-0.25, -0.2) is 4.98 Å². The van der Waals surface area contributed by atoms with Crippen molar-refractivity contribution in [2.45, 2.75) is 63.8 Å². The fraction of sp³-hybridized carbons (Fsp3) is 0.667. The smallest absolute Gasteiger partial charge is 0.239 e. The van der Waals surface area contributed by atoms with Crippen LogP contribution in [0.3, 0.4) is 0 Å². The summed E-state index contributed by atoms with van der Waals surface area (Å²) in [5.74, 6) is 1.24. The summed E-state index contributed by atoms with van der Waals surface area (Å²) in [6.45, 7) is 8.22. The molecule has 0 radical (unpaired) electrons. The molecule has 1 unspecified atom stereocenters. The third kappa shape index (κ3) is 5.86. The fourth-order valence-electron chi connectivity index (χ4n) is 1.96. The van der Waals surface area contributed by atoms with Crippen LogP contribution in [0, 0.1) is 5.92 Å². The van der Waals surface area contributed by atoms with E-state index < -0.39 is 0 Å². The minimum absolute atomic E-state index is 0.117. The first-order chi connectivity index (χ1) is 11.5. The summed E-state index contributed by atoms with van der Waals surface area (Å²) in [6, 6.07) is 0. The number of thioether (sulfide) groups is 1. The number of carbonyl (C=O) groups excluding carboxylic acids is 1. The number of aromatic nitrogens is 5. The van der Waals surface area contributed by atoms with Gasteiger partial charge in [-0.05, 0) is 19.3 Å². The number of hydrogen-bond donors (Lipinski definition) is 2. The number of aryl methyl sites for hydroxylation is 1. The second kappa shape index (κ2) is 9.12. The average Bonchev–Trinajstić information content (AvgIpc) is 3.14. The van der Waals surface area contributed by atoms with Crippen molar-refractivity contribution in [2.75, 3.05) is 5.32 Å². The van der Waals surface area contributed by atoms with Crippen LogP contribution in [0.15, 0.2) is 5.16 Å². The molecule has 132 valence electrons. The van der Waals surface area contributed by atoms with Crippen molar-refractivity contribution in [3.63, 3.8) is 0 Å². The number of carbonyl (C=O) groups is 1. The van der Waals surface area contributed by atoms with Crippen LogP contribution in [0.4, 0.5) is 5.13 Å². The molecule has 0 spiro atoms. The summed E-state index contributed by atoms with van der Waals surface area (Å²) in [7, 11) is 0. The lowest BCUT2D eigenvalue weighted by atomic mass is 10.1. The number of anilines is 1. The Kier molecular flexibility index (Phi) is 7.16.